The van der Waals surface area contributed by atoms with Crippen LogP contribution in [0.1, 0.15) is 19.5 Å². The summed E-state index contributed by atoms with van der Waals surface area (Å²) in [7, 11) is 0. The van der Waals surface area contributed by atoms with Gasteiger partial charge < -0.3 is 25.4 Å². The maximum Gasteiger partial charge on any atom is 0.276 e. The van der Waals surface area contributed by atoms with Crippen LogP contribution in [0.25, 0.3) is 0 Å². The van der Waals surface area contributed by atoms with Crippen molar-refractivity contribution in [3.8, 4) is 0 Å². The summed E-state index contributed by atoms with van der Waals surface area (Å²) >= 11 is 2.43. The van der Waals surface area contributed by atoms with Gasteiger partial charge in [0.05, 0.1) is 11.7 Å². The van der Waals surface area contributed by atoms with Gasteiger partial charge in [0.2, 0.25) is 6.41 Å². The van der Waals surface area contributed by atoms with E-state index in [0.717, 1.165) is 16.2 Å². The lowest BCUT2D eigenvalue weighted by Gasteiger charge is -2.50. The largest absolute Gasteiger partial charge is 0.543 e. The van der Waals surface area contributed by atoms with E-state index in [-0.39, 0.29) is 34.9 Å². The molecular weight excluding hydrogens is 508 g/mol. The SMILES string of the molecule is CC(C)O/N=C(\C(=O)NC1C(=O)N2C(C(=O)[O-])=C(C[n+]3ccccc3)CS[C@H]12)c1csc(NC=O)n1. The molecule has 0 saturated carbocycles. The van der Waals surface area contributed by atoms with Gasteiger partial charge in [0.1, 0.15) is 23.2 Å². The Bertz CT molecular complexity index is 1240. The van der Waals surface area contributed by atoms with Crippen molar-refractivity contribution in [1.82, 2.24) is 15.2 Å². The minimum Gasteiger partial charge on any atom is -0.543 e. The maximum absolute atomic E-state index is 13.1. The number of hydrogen-bond acceptors (Lipinski definition) is 10. The smallest absolute Gasteiger partial charge is 0.276 e. The Morgan fingerprint density at radius 1 is 1.36 bits per heavy atom. The third-order valence-corrected chi connectivity index (χ3v) is 7.29. The van der Waals surface area contributed by atoms with Crippen LogP contribution in [-0.4, -0.2) is 63.1 Å². The molecule has 4 rings (SSSR count). The van der Waals surface area contributed by atoms with E-state index in [1.807, 2.05) is 22.8 Å². The summed E-state index contributed by atoms with van der Waals surface area (Å²) in [5.74, 6) is -2.39. The van der Waals surface area contributed by atoms with Gasteiger partial charge >= 0.3 is 0 Å². The van der Waals surface area contributed by atoms with Crippen molar-refractivity contribution in [3.05, 3.63) is 52.9 Å². The highest BCUT2D eigenvalue weighted by Crippen LogP contribution is 2.40. The molecule has 1 fully saturated rings. The molecular formula is C22H22N6O6S2. The first-order valence-electron chi connectivity index (χ1n) is 10.8. The molecule has 2 aromatic rings. The zero-order valence-corrected chi connectivity index (χ0v) is 20.9. The fourth-order valence-corrected chi connectivity index (χ4v) is 5.61. The summed E-state index contributed by atoms with van der Waals surface area (Å²) in [4.78, 5) is 59.3. The van der Waals surface area contributed by atoms with Crippen molar-refractivity contribution in [2.75, 3.05) is 11.1 Å². The van der Waals surface area contributed by atoms with Gasteiger partial charge in [-0.15, -0.1) is 23.1 Å². The molecule has 4 heterocycles. The van der Waals surface area contributed by atoms with Gasteiger partial charge in [0.15, 0.2) is 29.8 Å². The molecule has 36 heavy (non-hydrogen) atoms. The fourth-order valence-electron chi connectivity index (χ4n) is 3.62. The molecule has 0 spiro atoms. The molecule has 188 valence electrons. The lowest BCUT2D eigenvalue weighted by molar-refractivity contribution is -0.689. The number of carbonyl (C=O) groups excluding carboxylic acids is 4. The fraction of sp³-hybridized carbons (Fsp3) is 0.318. The number of oxime groups is 1. The Morgan fingerprint density at radius 2 is 2.11 bits per heavy atom. The number of nitrogens with one attached hydrogen (secondary N) is 2. The van der Waals surface area contributed by atoms with Crippen LogP contribution in [0.15, 0.2) is 52.4 Å². The quantitative estimate of drug-likeness (QED) is 0.133. The zero-order chi connectivity index (χ0) is 25.8. The van der Waals surface area contributed by atoms with Crippen molar-refractivity contribution >= 4 is 58.1 Å². The lowest BCUT2D eigenvalue weighted by atomic mass is 10.0. The van der Waals surface area contributed by atoms with Gasteiger partial charge in [-0.25, -0.2) is 9.55 Å². The summed E-state index contributed by atoms with van der Waals surface area (Å²) in [6.45, 7) is 3.74. The topological polar surface area (TPSA) is 157 Å². The average molecular weight is 531 g/mol. The van der Waals surface area contributed by atoms with E-state index in [4.69, 9.17) is 4.84 Å². The number of aliphatic carboxylic acids is 1. The van der Waals surface area contributed by atoms with Gasteiger partial charge in [-0.2, -0.15) is 0 Å². The first-order chi connectivity index (χ1) is 17.3. The number of anilines is 1. The van der Waals surface area contributed by atoms with Gasteiger partial charge in [-0.3, -0.25) is 19.3 Å². The number of hydrogen-bond donors (Lipinski definition) is 2. The third kappa shape index (κ3) is 5.23. The van der Waals surface area contributed by atoms with E-state index in [1.165, 1.54) is 17.1 Å². The highest BCUT2D eigenvalue weighted by Gasteiger charge is 2.53. The van der Waals surface area contributed by atoms with Crippen molar-refractivity contribution in [2.24, 2.45) is 5.16 Å². The summed E-state index contributed by atoms with van der Waals surface area (Å²) in [6.07, 6.45) is 3.72. The number of nitrogens with zero attached hydrogens (tertiary/aromatic N) is 4. The third-order valence-electron chi connectivity index (χ3n) is 5.18. The number of carboxylic acid groups (broad SMARTS) is 1. The molecule has 3 amide bonds. The van der Waals surface area contributed by atoms with Gasteiger partial charge in [-0.1, -0.05) is 11.2 Å². The average Bonchev–Trinajstić information content (AvgIpc) is 3.31. The first-order valence-corrected chi connectivity index (χ1v) is 12.8. The zero-order valence-electron chi connectivity index (χ0n) is 19.2. The van der Waals surface area contributed by atoms with Crippen LogP contribution in [0.2, 0.25) is 0 Å². The molecule has 0 bridgehead atoms. The summed E-state index contributed by atoms with van der Waals surface area (Å²) in [6, 6.07) is 4.51. The van der Waals surface area contributed by atoms with Crippen molar-refractivity contribution in [3.63, 3.8) is 0 Å². The van der Waals surface area contributed by atoms with E-state index in [0.29, 0.717) is 17.7 Å². The van der Waals surface area contributed by atoms with E-state index >= 15 is 0 Å². The molecule has 2 atom stereocenters. The summed E-state index contributed by atoms with van der Waals surface area (Å²) in [5.41, 5.74) is 0.338. The van der Waals surface area contributed by atoms with E-state index in [1.54, 1.807) is 26.2 Å². The van der Waals surface area contributed by atoms with Crippen LogP contribution in [0, 0.1) is 0 Å². The van der Waals surface area contributed by atoms with Crippen LogP contribution >= 0.6 is 23.1 Å². The highest BCUT2D eigenvalue weighted by molar-refractivity contribution is 8.00. The standard InChI is InChI=1S/C22H22N6O6S2/c1-12(2)34-26-15(14-10-36-22(24-14)23-11-29)18(30)25-16-19(31)28-17(21(32)33)13(9-35-20(16)28)8-27-6-4-3-5-7-27/h3-7,10-12,16,20H,8-9H2,1-2H3,(H2-,23,24,25,29,30,32,33)/b26-15-/t16?,20-/m1/s1. The van der Waals surface area contributed by atoms with E-state index < -0.39 is 29.2 Å². The number of aromatic nitrogens is 2. The highest BCUT2D eigenvalue weighted by atomic mass is 32.2. The molecule has 1 unspecified atom stereocenters. The molecule has 2 aliphatic heterocycles. The number of carbonyl (C=O) groups is 4. The molecule has 0 aliphatic carbocycles. The predicted octanol–water partition coefficient (Wildman–Crippen LogP) is -0.768. The predicted molar refractivity (Wildman–Crippen MR) is 128 cm³/mol. The minimum absolute atomic E-state index is 0.153. The second-order valence-corrected chi connectivity index (χ2v) is 10.0. The molecule has 2 aromatic heterocycles. The molecule has 14 heteroatoms. The number of β-lactam (4-membered cyclic amide) rings is 1. The van der Waals surface area contributed by atoms with Crippen LogP contribution in [-0.2, 0) is 30.6 Å². The number of amides is 3. The van der Waals surface area contributed by atoms with Crippen LogP contribution in [0.5, 0.6) is 0 Å². The van der Waals surface area contributed by atoms with Crippen molar-refractivity contribution < 1.29 is 33.7 Å². The minimum atomic E-state index is -1.45. The van der Waals surface area contributed by atoms with Gasteiger partial charge in [0, 0.05) is 28.8 Å². The second kappa shape index (κ2) is 10.9. The van der Waals surface area contributed by atoms with Gasteiger partial charge in [-0.05, 0) is 13.8 Å². The number of pyridine rings is 1. The number of thiazole rings is 1. The Labute approximate surface area is 214 Å². The van der Waals surface area contributed by atoms with Crippen molar-refractivity contribution in [1.29, 1.82) is 0 Å². The molecule has 0 radical (unpaired) electrons. The molecule has 2 aliphatic rings. The Hall–Kier alpha value is -3.78. The number of rotatable bonds is 10. The lowest BCUT2D eigenvalue weighted by Crippen LogP contribution is -2.71. The monoisotopic (exact) mass is 530 g/mol. The normalized spacial score (nSPS) is 19.5. The van der Waals surface area contributed by atoms with Crippen LogP contribution in [0.3, 0.4) is 0 Å². The summed E-state index contributed by atoms with van der Waals surface area (Å²) < 4.78 is 1.81. The summed E-state index contributed by atoms with van der Waals surface area (Å²) in [5, 5.41) is 22.0. The van der Waals surface area contributed by atoms with E-state index in [2.05, 4.69) is 20.8 Å². The molecule has 2 N–H and O–H groups in total. The van der Waals surface area contributed by atoms with Gasteiger partial charge in [0.25, 0.3) is 11.8 Å². The van der Waals surface area contributed by atoms with Crippen LogP contribution < -0.4 is 20.3 Å². The Balaban J connectivity index is 1.53. The Kier molecular flexibility index (Phi) is 7.64. The van der Waals surface area contributed by atoms with E-state index in [9.17, 15) is 24.3 Å². The second-order valence-electron chi connectivity index (χ2n) is 8.04. The van der Waals surface area contributed by atoms with Crippen LogP contribution in [0.4, 0.5) is 5.13 Å². The number of thioether (sulfide) groups is 1. The molecule has 12 nitrogen and oxygen atoms in total. The number of carboxylic acids is 1. The molecule has 0 aromatic carbocycles. The number of fused-ring (bicyclic) bond motifs is 1. The maximum atomic E-state index is 13.1. The molecule has 1 saturated heterocycles. The van der Waals surface area contributed by atoms with Crippen molar-refractivity contribution in [2.45, 2.75) is 37.9 Å². The Morgan fingerprint density at radius 3 is 2.78 bits per heavy atom. The first kappa shape index (κ1) is 25.3.